The Morgan fingerprint density at radius 2 is 0.733 bits per heavy atom. The van der Waals surface area contributed by atoms with Crippen molar-refractivity contribution in [3.63, 3.8) is 0 Å². The molecule has 1 heteroatoms. The largest absolute Gasteiger partial charge is 0.310 e. The highest BCUT2D eigenvalue weighted by atomic mass is 15.1. The number of fused-ring (bicyclic) bond motifs is 5. The van der Waals surface area contributed by atoms with Gasteiger partial charge in [-0.15, -0.1) is 0 Å². The lowest BCUT2D eigenvalue weighted by Gasteiger charge is -2.29. The molecule has 60 heavy (non-hydrogen) atoms. The second-order valence-corrected chi connectivity index (χ2v) is 16.5. The number of hydrogen-bond donors (Lipinski definition) is 0. The van der Waals surface area contributed by atoms with E-state index in [1.54, 1.807) is 0 Å². The van der Waals surface area contributed by atoms with Crippen LogP contribution in [-0.2, 0) is 5.41 Å². The van der Waals surface area contributed by atoms with Crippen LogP contribution in [0.1, 0.15) is 25.0 Å². The zero-order valence-corrected chi connectivity index (χ0v) is 33.8. The minimum absolute atomic E-state index is 0.116. The van der Waals surface area contributed by atoms with Crippen LogP contribution >= 0.6 is 0 Å². The number of anilines is 3. The fraction of sp³-hybridized carbons (Fsp3) is 0.0508. The van der Waals surface area contributed by atoms with Crippen LogP contribution in [0.5, 0.6) is 0 Å². The molecule has 0 heterocycles. The summed E-state index contributed by atoms with van der Waals surface area (Å²) < 4.78 is 0. The van der Waals surface area contributed by atoms with Crippen LogP contribution in [-0.4, -0.2) is 0 Å². The predicted octanol–water partition coefficient (Wildman–Crippen LogP) is 16.4. The summed E-state index contributed by atoms with van der Waals surface area (Å²) >= 11 is 0. The Bertz CT molecular complexity index is 3050. The van der Waals surface area contributed by atoms with E-state index in [0.717, 1.165) is 11.4 Å². The summed E-state index contributed by atoms with van der Waals surface area (Å²) in [6.45, 7) is 4.72. The predicted molar refractivity (Wildman–Crippen MR) is 255 cm³/mol. The van der Waals surface area contributed by atoms with Crippen molar-refractivity contribution < 1.29 is 0 Å². The van der Waals surface area contributed by atoms with E-state index in [4.69, 9.17) is 0 Å². The van der Waals surface area contributed by atoms with Crippen LogP contribution in [0.4, 0.5) is 17.1 Å². The first-order valence-corrected chi connectivity index (χ1v) is 20.9. The third-order valence-corrected chi connectivity index (χ3v) is 12.7. The molecule has 11 rings (SSSR count). The van der Waals surface area contributed by atoms with E-state index >= 15 is 0 Å². The number of rotatable bonds is 7. The van der Waals surface area contributed by atoms with Crippen LogP contribution in [0.15, 0.2) is 224 Å². The van der Waals surface area contributed by atoms with Crippen molar-refractivity contribution in [2.24, 2.45) is 0 Å². The average Bonchev–Trinajstić information content (AvgIpc) is 3.55. The third kappa shape index (κ3) is 6.01. The van der Waals surface area contributed by atoms with E-state index in [1.165, 1.54) is 94.0 Å². The molecular weight excluding hydrogens is 723 g/mol. The van der Waals surface area contributed by atoms with Gasteiger partial charge in [0.1, 0.15) is 0 Å². The number of hydrogen-bond acceptors (Lipinski definition) is 1. The van der Waals surface area contributed by atoms with Gasteiger partial charge in [-0.3, -0.25) is 0 Å². The normalized spacial score (nSPS) is 12.6. The minimum Gasteiger partial charge on any atom is -0.310 e. The maximum Gasteiger partial charge on any atom is 0.0543 e. The Morgan fingerprint density at radius 1 is 0.317 bits per heavy atom. The molecule has 0 aliphatic heterocycles. The summed E-state index contributed by atoms with van der Waals surface area (Å²) in [6, 6.07) is 82.4. The molecule has 10 aromatic carbocycles. The maximum atomic E-state index is 2.47. The van der Waals surface area contributed by atoms with Gasteiger partial charge >= 0.3 is 0 Å². The Balaban J connectivity index is 1.02. The Hall–Kier alpha value is -7.48. The maximum absolute atomic E-state index is 2.47. The lowest BCUT2D eigenvalue weighted by molar-refractivity contribution is 0.660. The first-order chi connectivity index (χ1) is 29.5. The van der Waals surface area contributed by atoms with Crippen LogP contribution in [0.3, 0.4) is 0 Å². The van der Waals surface area contributed by atoms with E-state index < -0.39 is 0 Å². The van der Waals surface area contributed by atoms with Gasteiger partial charge in [0, 0.05) is 22.4 Å². The van der Waals surface area contributed by atoms with Gasteiger partial charge in [-0.1, -0.05) is 208 Å². The summed E-state index contributed by atoms with van der Waals surface area (Å²) in [4.78, 5) is 2.47. The van der Waals surface area contributed by atoms with Crippen molar-refractivity contribution in [3.05, 3.63) is 236 Å². The molecule has 0 spiro atoms. The molecule has 0 radical (unpaired) electrons. The fourth-order valence-corrected chi connectivity index (χ4v) is 9.64. The smallest absolute Gasteiger partial charge is 0.0543 e. The lowest BCUT2D eigenvalue weighted by atomic mass is 9.82. The van der Waals surface area contributed by atoms with E-state index in [1.807, 2.05) is 0 Å². The molecule has 0 saturated heterocycles. The molecule has 1 nitrogen and oxygen atoms in total. The van der Waals surface area contributed by atoms with E-state index in [-0.39, 0.29) is 5.41 Å². The minimum atomic E-state index is -0.116. The highest BCUT2D eigenvalue weighted by molar-refractivity contribution is 5.99. The molecule has 0 bridgehead atoms. The summed E-state index contributed by atoms with van der Waals surface area (Å²) in [5.74, 6) is 0. The molecule has 0 aromatic heterocycles. The van der Waals surface area contributed by atoms with Crippen LogP contribution in [0.2, 0.25) is 0 Å². The van der Waals surface area contributed by atoms with E-state index in [2.05, 4.69) is 243 Å². The van der Waals surface area contributed by atoms with Crippen molar-refractivity contribution >= 4 is 38.6 Å². The van der Waals surface area contributed by atoms with Gasteiger partial charge in [0.15, 0.2) is 0 Å². The zero-order valence-electron chi connectivity index (χ0n) is 33.8. The van der Waals surface area contributed by atoms with Gasteiger partial charge in [-0.25, -0.2) is 0 Å². The monoisotopic (exact) mass is 765 g/mol. The molecule has 1 aliphatic carbocycles. The molecule has 0 saturated carbocycles. The molecule has 1 aliphatic rings. The molecule has 0 atom stereocenters. The lowest BCUT2D eigenvalue weighted by Crippen LogP contribution is -2.16. The van der Waals surface area contributed by atoms with Crippen LogP contribution < -0.4 is 4.90 Å². The van der Waals surface area contributed by atoms with E-state index in [0.29, 0.717) is 0 Å². The third-order valence-electron chi connectivity index (χ3n) is 12.7. The van der Waals surface area contributed by atoms with Gasteiger partial charge in [0.2, 0.25) is 0 Å². The first kappa shape index (κ1) is 35.7. The first-order valence-electron chi connectivity index (χ1n) is 20.9. The standard InChI is InChI=1S/C59H43N/c1-59(2)55-27-8-7-24-54(55)58-56(59)28-13-29-57(58)60(48-20-9-18-46(38-48)40-30-34-44(35-31-40)52-25-11-16-42-14-3-5-22-50(42)52)49-21-10-19-47(39-49)41-32-36-45(37-33-41)53-26-12-17-43-15-4-6-23-51(43)53/h3-39H,1-2H3. The quantitative estimate of drug-likeness (QED) is 0.156. The number of nitrogens with zero attached hydrogens (tertiary/aromatic N) is 1. The molecule has 0 fully saturated rings. The van der Waals surface area contributed by atoms with Crippen molar-refractivity contribution in [3.8, 4) is 55.6 Å². The van der Waals surface area contributed by atoms with Gasteiger partial charge in [-0.2, -0.15) is 0 Å². The van der Waals surface area contributed by atoms with Crippen molar-refractivity contribution in [1.29, 1.82) is 0 Å². The van der Waals surface area contributed by atoms with Crippen LogP contribution in [0, 0.1) is 0 Å². The Kier molecular flexibility index (Phi) is 8.57. The highest BCUT2D eigenvalue weighted by Gasteiger charge is 2.37. The molecular formula is C59H43N. The van der Waals surface area contributed by atoms with Crippen molar-refractivity contribution in [2.45, 2.75) is 19.3 Å². The summed E-state index contributed by atoms with van der Waals surface area (Å²) in [5.41, 5.74) is 18.3. The molecule has 0 unspecified atom stereocenters. The zero-order chi connectivity index (χ0) is 40.2. The SMILES string of the molecule is CC1(C)c2ccccc2-c2c(N(c3cccc(-c4ccc(-c5cccc6ccccc56)cc4)c3)c3cccc(-c4ccc(-c5cccc6ccccc56)cc4)c3)cccc21. The topological polar surface area (TPSA) is 3.24 Å². The molecule has 284 valence electrons. The Morgan fingerprint density at radius 3 is 1.30 bits per heavy atom. The fourth-order valence-electron chi connectivity index (χ4n) is 9.64. The van der Waals surface area contributed by atoms with Gasteiger partial charge in [0.25, 0.3) is 0 Å². The second kappa shape index (κ2) is 14.4. The van der Waals surface area contributed by atoms with Gasteiger partial charge in [-0.05, 0) is 113 Å². The molecule has 10 aromatic rings. The average molecular weight is 766 g/mol. The summed E-state index contributed by atoms with van der Waals surface area (Å²) in [6.07, 6.45) is 0. The highest BCUT2D eigenvalue weighted by Crippen LogP contribution is 2.54. The summed E-state index contributed by atoms with van der Waals surface area (Å²) in [5, 5.41) is 5.06. The Labute approximate surface area is 352 Å². The second-order valence-electron chi connectivity index (χ2n) is 16.5. The van der Waals surface area contributed by atoms with Crippen molar-refractivity contribution in [1.82, 2.24) is 0 Å². The molecule has 0 N–H and O–H groups in total. The van der Waals surface area contributed by atoms with Gasteiger partial charge in [0.05, 0.1) is 5.69 Å². The summed E-state index contributed by atoms with van der Waals surface area (Å²) in [7, 11) is 0. The van der Waals surface area contributed by atoms with Crippen LogP contribution in [0.25, 0.3) is 77.2 Å². The van der Waals surface area contributed by atoms with E-state index in [9.17, 15) is 0 Å². The van der Waals surface area contributed by atoms with Gasteiger partial charge < -0.3 is 4.90 Å². The molecule has 0 amide bonds. The number of benzene rings is 10. The van der Waals surface area contributed by atoms with Crippen molar-refractivity contribution in [2.75, 3.05) is 4.90 Å².